The van der Waals surface area contributed by atoms with Crippen molar-refractivity contribution in [2.24, 2.45) is 22.2 Å². The van der Waals surface area contributed by atoms with Crippen molar-refractivity contribution in [3.63, 3.8) is 0 Å². The third-order valence-corrected chi connectivity index (χ3v) is 4.92. The number of aliphatic carboxylic acids is 2. The van der Waals surface area contributed by atoms with Crippen LogP contribution >= 0.6 is 0 Å². The Morgan fingerprint density at radius 1 is 0.917 bits per heavy atom. The van der Waals surface area contributed by atoms with Gasteiger partial charge in [0.2, 0.25) is 17.7 Å². The zero-order valence-corrected chi connectivity index (χ0v) is 19.7. The number of benzene rings is 1. The molecular formula is C22H33N7O7. The molecule has 0 radical (unpaired) electrons. The molecule has 0 aliphatic heterocycles. The average molecular weight is 508 g/mol. The fourth-order valence-electron chi connectivity index (χ4n) is 3.07. The largest absolute Gasteiger partial charge is 0.481 e. The predicted octanol–water partition coefficient (Wildman–Crippen LogP) is -2.35. The second-order valence-corrected chi connectivity index (χ2v) is 7.91. The van der Waals surface area contributed by atoms with E-state index in [1.807, 2.05) is 6.07 Å². The molecule has 0 bridgehead atoms. The normalized spacial score (nSPS) is 12.9. The van der Waals surface area contributed by atoms with Crippen LogP contribution in [0.5, 0.6) is 0 Å². The number of carboxylic acid groups (broad SMARTS) is 2. The van der Waals surface area contributed by atoms with E-state index in [9.17, 15) is 29.1 Å². The Labute approximate surface area is 207 Å². The minimum absolute atomic E-state index is 0.00713. The van der Waals surface area contributed by atoms with Crippen LogP contribution < -0.4 is 33.2 Å². The molecule has 198 valence electrons. The molecule has 0 fully saturated rings. The van der Waals surface area contributed by atoms with Crippen molar-refractivity contribution < 1.29 is 34.2 Å². The van der Waals surface area contributed by atoms with Gasteiger partial charge >= 0.3 is 11.9 Å². The van der Waals surface area contributed by atoms with Crippen molar-refractivity contribution in [3.05, 3.63) is 35.9 Å². The van der Waals surface area contributed by atoms with Gasteiger partial charge in [0.1, 0.15) is 12.1 Å². The van der Waals surface area contributed by atoms with Crippen LogP contribution in [0.25, 0.3) is 0 Å². The number of rotatable bonds is 16. The van der Waals surface area contributed by atoms with Crippen LogP contribution in [0.15, 0.2) is 35.3 Å². The van der Waals surface area contributed by atoms with E-state index < -0.39 is 60.8 Å². The number of nitrogens with two attached hydrogens (primary N) is 3. The number of guanidine groups is 1. The summed E-state index contributed by atoms with van der Waals surface area (Å²) in [6.45, 7) is -0.369. The minimum atomic E-state index is -1.34. The molecule has 0 aliphatic rings. The summed E-state index contributed by atoms with van der Waals surface area (Å²) in [5.41, 5.74) is 17.1. The van der Waals surface area contributed by atoms with Gasteiger partial charge in [0, 0.05) is 13.0 Å². The first kappa shape index (κ1) is 29.8. The van der Waals surface area contributed by atoms with Crippen molar-refractivity contribution in [2.45, 2.75) is 50.2 Å². The third kappa shape index (κ3) is 12.3. The number of carbonyl (C=O) groups is 5. The van der Waals surface area contributed by atoms with Crippen LogP contribution in [-0.2, 0) is 30.4 Å². The Kier molecular flexibility index (Phi) is 13.0. The fourth-order valence-corrected chi connectivity index (χ4v) is 3.07. The van der Waals surface area contributed by atoms with Gasteiger partial charge in [-0.15, -0.1) is 0 Å². The van der Waals surface area contributed by atoms with Crippen LogP contribution in [0.3, 0.4) is 0 Å². The quantitative estimate of drug-likeness (QED) is 0.0671. The highest BCUT2D eigenvalue weighted by atomic mass is 16.4. The van der Waals surface area contributed by atoms with Crippen LogP contribution in [0.1, 0.15) is 31.2 Å². The van der Waals surface area contributed by atoms with E-state index in [4.69, 9.17) is 22.3 Å². The molecule has 0 aliphatic carbocycles. The van der Waals surface area contributed by atoms with E-state index in [1.165, 1.54) is 0 Å². The number of carbonyl (C=O) groups excluding carboxylic acids is 3. The third-order valence-electron chi connectivity index (χ3n) is 4.92. The average Bonchev–Trinajstić information content (AvgIpc) is 2.82. The highest BCUT2D eigenvalue weighted by Gasteiger charge is 2.27. The van der Waals surface area contributed by atoms with E-state index in [0.29, 0.717) is 0 Å². The molecule has 0 saturated heterocycles. The van der Waals surface area contributed by atoms with Gasteiger partial charge in [-0.1, -0.05) is 30.3 Å². The molecule has 0 saturated carbocycles. The second-order valence-electron chi connectivity index (χ2n) is 7.91. The summed E-state index contributed by atoms with van der Waals surface area (Å²) >= 11 is 0. The Morgan fingerprint density at radius 3 is 2.17 bits per heavy atom. The molecule has 0 heterocycles. The molecular weight excluding hydrogens is 474 g/mol. The first-order valence-corrected chi connectivity index (χ1v) is 11.2. The Morgan fingerprint density at radius 2 is 1.58 bits per heavy atom. The Hall–Kier alpha value is -4.20. The molecule has 3 unspecified atom stereocenters. The summed E-state index contributed by atoms with van der Waals surface area (Å²) in [7, 11) is 0. The fraction of sp³-hybridized carbons (Fsp3) is 0.455. The molecule has 0 aromatic heterocycles. The molecule has 11 N–H and O–H groups in total. The SMILES string of the molecule is NC(N)=NCCCC(NC(=O)C(CCC(=O)O)NC(=O)CNC(=O)C(N)Cc1ccccc1)C(=O)O. The first-order valence-electron chi connectivity index (χ1n) is 11.2. The van der Waals surface area contributed by atoms with E-state index in [-0.39, 0.29) is 38.2 Å². The lowest BCUT2D eigenvalue weighted by Gasteiger charge is -2.21. The van der Waals surface area contributed by atoms with Gasteiger partial charge in [-0.05, 0) is 31.2 Å². The number of nitrogens with one attached hydrogen (secondary N) is 3. The molecule has 36 heavy (non-hydrogen) atoms. The molecule has 3 atom stereocenters. The van der Waals surface area contributed by atoms with E-state index in [2.05, 4.69) is 20.9 Å². The first-order chi connectivity index (χ1) is 17.0. The van der Waals surface area contributed by atoms with Gasteiger partial charge in [-0.3, -0.25) is 24.2 Å². The maximum absolute atomic E-state index is 12.6. The smallest absolute Gasteiger partial charge is 0.326 e. The van der Waals surface area contributed by atoms with Crippen LogP contribution in [0.4, 0.5) is 0 Å². The second kappa shape index (κ2) is 15.7. The number of hydrogen-bond donors (Lipinski definition) is 8. The number of carboxylic acids is 2. The Bertz CT molecular complexity index is 936. The molecule has 1 aromatic rings. The highest BCUT2D eigenvalue weighted by molar-refractivity contribution is 5.92. The zero-order valence-electron chi connectivity index (χ0n) is 19.7. The lowest BCUT2D eigenvalue weighted by atomic mass is 10.1. The zero-order chi connectivity index (χ0) is 27.1. The molecule has 14 nitrogen and oxygen atoms in total. The van der Waals surface area contributed by atoms with Crippen molar-refractivity contribution in [1.29, 1.82) is 0 Å². The number of nitrogens with zero attached hydrogens (tertiary/aromatic N) is 1. The number of aliphatic imine (C=N–C) groups is 1. The summed E-state index contributed by atoms with van der Waals surface area (Å²) in [5.74, 6) is -4.95. The van der Waals surface area contributed by atoms with Crippen LogP contribution in [-0.4, -0.2) is 77.0 Å². The lowest BCUT2D eigenvalue weighted by Crippen LogP contribution is -2.54. The van der Waals surface area contributed by atoms with E-state index >= 15 is 0 Å². The van der Waals surface area contributed by atoms with Crippen molar-refractivity contribution >= 4 is 35.6 Å². The van der Waals surface area contributed by atoms with Crippen molar-refractivity contribution in [1.82, 2.24) is 16.0 Å². The summed E-state index contributed by atoms with van der Waals surface area (Å²) in [6.07, 6.45) is -0.273. The molecule has 1 aromatic carbocycles. The maximum atomic E-state index is 12.6. The van der Waals surface area contributed by atoms with Crippen LogP contribution in [0.2, 0.25) is 0 Å². The predicted molar refractivity (Wildman–Crippen MR) is 129 cm³/mol. The maximum Gasteiger partial charge on any atom is 0.326 e. The van der Waals surface area contributed by atoms with E-state index in [0.717, 1.165) is 5.56 Å². The molecule has 0 spiro atoms. The van der Waals surface area contributed by atoms with Gasteiger partial charge in [0.05, 0.1) is 12.6 Å². The van der Waals surface area contributed by atoms with Crippen molar-refractivity contribution in [2.75, 3.05) is 13.1 Å². The molecule has 1 rings (SSSR count). The summed E-state index contributed by atoms with van der Waals surface area (Å²) in [6, 6.07) is 5.45. The highest BCUT2D eigenvalue weighted by Crippen LogP contribution is 2.04. The molecule has 3 amide bonds. The van der Waals surface area contributed by atoms with E-state index in [1.54, 1.807) is 24.3 Å². The summed E-state index contributed by atoms with van der Waals surface area (Å²) < 4.78 is 0. The minimum Gasteiger partial charge on any atom is -0.481 e. The molecule has 14 heteroatoms. The van der Waals surface area contributed by atoms with Gasteiger partial charge in [-0.25, -0.2) is 4.79 Å². The van der Waals surface area contributed by atoms with Crippen molar-refractivity contribution in [3.8, 4) is 0 Å². The summed E-state index contributed by atoms with van der Waals surface area (Å²) in [4.78, 5) is 63.4. The van der Waals surface area contributed by atoms with Gasteiger partial charge in [-0.2, -0.15) is 0 Å². The number of hydrogen-bond acceptors (Lipinski definition) is 7. The van der Waals surface area contributed by atoms with Crippen LogP contribution in [0, 0.1) is 0 Å². The Balaban J connectivity index is 2.67. The summed E-state index contributed by atoms with van der Waals surface area (Å²) in [5, 5.41) is 25.3. The van der Waals surface area contributed by atoms with Gasteiger partial charge in [0.15, 0.2) is 5.96 Å². The topological polar surface area (TPSA) is 252 Å². The monoisotopic (exact) mass is 507 g/mol. The standard InChI is InChI=1S/C22H33N7O7/c23-14(11-13-5-2-1-3-6-13)19(33)27-12-17(30)28-15(8-9-18(31)32)20(34)29-16(21(35)36)7-4-10-26-22(24)25/h1-3,5-6,14-16H,4,7-12,23H2,(H,27,33)(H,28,30)(H,29,34)(H,31,32)(H,35,36)(H4,24,25,26). The van der Waals surface area contributed by atoms with Gasteiger partial charge in [0.25, 0.3) is 0 Å². The van der Waals surface area contributed by atoms with Gasteiger partial charge < -0.3 is 43.4 Å². The number of amides is 3. The lowest BCUT2D eigenvalue weighted by molar-refractivity contribution is -0.143.